The molecule has 0 spiro atoms. The highest BCUT2D eigenvalue weighted by molar-refractivity contribution is 8.00. The van der Waals surface area contributed by atoms with E-state index in [1.165, 1.54) is 24.7 Å². The largest absolute Gasteiger partial charge is 0.356 e. The molecule has 1 atom stereocenters. The maximum atomic E-state index is 14.0. The van der Waals surface area contributed by atoms with Gasteiger partial charge in [-0.15, -0.1) is 0 Å². The first kappa shape index (κ1) is 17.1. The van der Waals surface area contributed by atoms with E-state index in [4.69, 9.17) is 0 Å². The molecule has 122 valence electrons. The van der Waals surface area contributed by atoms with Gasteiger partial charge in [0, 0.05) is 30.8 Å². The molecule has 0 radical (unpaired) electrons. The van der Waals surface area contributed by atoms with Gasteiger partial charge in [0.2, 0.25) is 0 Å². The summed E-state index contributed by atoms with van der Waals surface area (Å²) >= 11 is 2.02. The lowest BCUT2D eigenvalue weighted by molar-refractivity contribution is 0.473. The lowest BCUT2D eigenvalue weighted by Gasteiger charge is -2.27. The normalized spacial score (nSPS) is 19.3. The number of halogens is 1. The number of nitrogens with one attached hydrogen (secondary N) is 2. The van der Waals surface area contributed by atoms with Gasteiger partial charge >= 0.3 is 0 Å². The zero-order valence-corrected chi connectivity index (χ0v) is 14.5. The summed E-state index contributed by atoms with van der Waals surface area (Å²) in [5, 5.41) is 7.38. The molecular weight excluding hydrogens is 297 g/mol. The fourth-order valence-corrected chi connectivity index (χ4v) is 3.85. The van der Waals surface area contributed by atoms with E-state index >= 15 is 0 Å². The minimum Gasteiger partial charge on any atom is -0.356 e. The molecule has 1 heterocycles. The second-order valence-electron chi connectivity index (χ2n) is 6.31. The molecule has 0 aromatic heterocycles. The number of benzene rings is 1. The third-order valence-corrected chi connectivity index (χ3v) is 5.44. The van der Waals surface area contributed by atoms with Gasteiger partial charge in [-0.05, 0) is 30.2 Å². The topological polar surface area (TPSA) is 36.4 Å². The summed E-state index contributed by atoms with van der Waals surface area (Å²) in [5.41, 5.74) is 0.426. The molecule has 1 unspecified atom stereocenters. The van der Waals surface area contributed by atoms with Crippen molar-refractivity contribution >= 4 is 17.7 Å². The van der Waals surface area contributed by atoms with Crippen LogP contribution in [-0.4, -0.2) is 37.1 Å². The maximum absolute atomic E-state index is 14.0. The highest BCUT2D eigenvalue weighted by Crippen LogP contribution is 2.26. The first-order valence-corrected chi connectivity index (χ1v) is 8.89. The number of guanidine groups is 1. The summed E-state index contributed by atoms with van der Waals surface area (Å²) in [7, 11) is 1.77. The predicted octanol–water partition coefficient (Wildman–Crippen LogP) is 3.16. The SMILES string of the molecule is CN=C(NCC1CCCS1)NCC(C)(C)c1ccccc1F. The summed E-state index contributed by atoms with van der Waals surface area (Å²) in [4.78, 5) is 4.26. The van der Waals surface area contributed by atoms with Crippen molar-refractivity contribution in [2.45, 2.75) is 37.4 Å². The van der Waals surface area contributed by atoms with Crippen LogP contribution in [0, 0.1) is 5.82 Å². The van der Waals surface area contributed by atoms with Gasteiger partial charge in [0.25, 0.3) is 0 Å². The molecule has 0 aliphatic carbocycles. The van der Waals surface area contributed by atoms with Crippen LogP contribution in [-0.2, 0) is 5.41 Å². The Morgan fingerprint density at radius 2 is 2.14 bits per heavy atom. The van der Waals surface area contributed by atoms with E-state index in [1.807, 2.05) is 37.7 Å². The van der Waals surface area contributed by atoms with Gasteiger partial charge in [-0.25, -0.2) is 4.39 Å². The highest BCUT2D eigenvalue weighted by atomic mass is 32.2. The smallest absolute Gasteiger partial charge is 0.191 e. The highest BCUT2D eigenvalue weighted by Gasteiger charge is 2.24. The third kappa shape index (κ3) is 4.63. The van der Waals surface area contributed by atoms with Crippen molar-refractivity contribution in [3.05, 3.63) is 35.6 Å². The molecule has 1 aliphatic heterocycles. The van der Waals surface area contributed by atoms with E-state index in [0.29, 0.717) is 11.8 Å². The van der Waals surface area contributed by atoms with E-state index in [0.717, 1.165) is 18.1 Å². The molecule has 1 aliphatic rings. The predicted molar refractivity (Wildman–Crippen MR) is 94.3 cm³/mol. The molecule has 2 N–H and O–H groups in total. The van der Waals surface area contributed by atoms with Crippen LogP contribution in [0.5, 0.6) is 0 Å². The summed E-state index contributed by atoms with van der Waals surface area (Å²) in [5.74, 6) is 1.90. The fourth-order valence-electron chi connectivity index (χ4n) is 2.65. The van der Waals surface area contributed by atoms with Gasteiger partial charge in [0.05, 0.1) is 0 Å². The molecule has 5 heteroatoms. The molecule has 1 aromatic rings. The minimum atomic E-state index is -0.301. The van der Waals surface area contributed by atoms with Gasteiger partial charge < -0.3 is 10.6 Å². The molecule has 3 nitrogen and oxygen atoms in total. The van der Waals surface area contributed by atoms with E-state index in [-0.39, 0.29) is 11.2 Å². The minimum absolute atomic E-state index is 0.153. The van der Waals surface area contributed by atoms with Crippen LogP contribution in [0.2, 0.25) is 0 Å². The summed E-state index contributed by atoms with van der Waals surface area (Å²) in [6.45, 7) is 5.65. The Bertz CT molecular complexity index is 510. The van der Waals surface area contributed by atoms with Gasteiger partial charge in [-0.3, -0.25) is 4.99 Å². The van der Waals surface area contributed by atoms with Crippen molar-refractivity contribution in [2.75, 3.05) is 25.9 Å². The van der Waals surface area contributed by atoms with Crippen LogP contribution in [0.4, 0.5) is 4.39 Å². The van der Waals surface area contributed by atoms with Crippen LogP contribution < -0.4 is 10.6 Å². The molecule has 0 saturated carbocycles. The zero-order valence-electron chi connectivity index (χ0n) is 13.7. The lowest BCUT2D eigenvalue weighted by Crippen LogP contribution is -2.45. The van der Waals surface area contributed by atoms with Gasteiger partial charge in [0.15, 0.2) is 5.96 Å². The lowest BCUT2D eigenvalue weighted by atomic mass is 9.84. The van der Waals surface area contributed by atoms with Gasteiger partial charge in [0.1, 0.15) is 5.82 Å². The van der Waals surface area contributed by atoms with Gasteiger partial charge in [-0.2, -0.15) is 11.8 Å². The fraction of sp³-hybridized carbons (Fsp3) is 0.588. The number of rotatable bonds is 5. The Hall–Kier alpha value is -1.23. The monoisotopic (exact) mass is 323 g/mol. The molecule has 22 heavy (non-hydrogen) atoms. The van der Waals surface area contributed by atoms with Crippen molar-refractivity contribution in [3.8, 4) is 0 Å². The molecule has 1 aromatic carbocycles. The number of thioether (sulfide) groups is 1. The Morgan fingerprint density at radius 3 is 2.77 bits per heavy atom. The average molecular weight is 323 g/mol. The first-order valence-electron chi connectivity index (χ1n) is 7.84. The molecule has 2 rings (SSSR count). The molecule has 0 bridgehead atoms. The Morgan fingerprint density at radius 1 is 1.36 bits per heavy atom. The zero-order chi connectivity index (χ0) is 16.0. The van der Waals surface area contributed by atoms with Crippen LogP contribution in [0.1, 0.15) is 32.3 Å². The number of nitrogens with zero attached hydrogens (tertiary/aromatic N) is 1. The van der Waals surface area contributed by atoms with E-state index in [1.54, 1.807) is 13.1 Å². The third-order valence-electron chi connectivity index (χ3n) is 4.05. The Kier molecular flexibility index (Phi) is 6.12. The number of hydrogen-bond acceptors (Lipinski definition) is 2. The second kappa shape index (κ2) is 7.86. The van der Waals surface area contributed by atoms with Crippen molar-refractivity contribution in [3.63, 3.8) is 0 Å². The van der Waals surface area contributed by atoms with Gasteiger partial charge in [-0.1, -0.05) is 32.0 Å². The Labute approximate surface area is 137 Å². The summed E-state index contributed by atoms with van der Waals surface area (Å²) in [6.07, 6.45) is 2.58. The van der Waals surface area contributed by atoms with Crippen molar-refractivity contribution < 1.29 is 4.39 Å². The van der Waals surface area contributed by atoms with Crippen LogP contribution >= 0.6 is 11.8 Å². The quantitative estimate of drug-likeness (QED) is 0.645. The molecule has 0 amide bonds. The van der Waals surface area contributed by atoms with E-state index < -0.39 is 0 Å². The number of aliphatic imine (C=N–C) groups is 1. The molecule has 1 fully saturated rings. The van der Waals surface area contributed by atoms with Crippen molar-refractivity contribution in [1.29, 1.82) is 0 Å². The van der Waals surface area contributed by atoms with E-state index in [9.17, 15) is 4.39 Å². The second-order valence-corrected chi connectivity index (χ2v) is 7.71. The summed E-state index contributed by atoms with van der Waals surface area (Å²) < 4.78 is 14.0. The van der Waals surface area contributed by atoms with Crippen molar-refractivity contribution in [1.82, 2.24) is 10.6 Å². The first-order chi connectivity index (χ1) is 10.5. The molecule has 1 saturated heterocycles. The number of hydrogen-bond donors (Lipinski definition) is 2. The Balaban J connectivity index is 1.87. The van der Waals surface area contributed by atoms with E-state index in [2.05, 4.69) is 15.6 Å². The van der Waals surface area contributed by atoms with Crippen LogP contribution in [0.15, 0.2) is 29.3 Å². The summed E-state index contributed by atoms with van der Waals surface area (Å²) in [6, 6.07) is 6.97. The molecular formula is C17H26FN3S. The maximum Gasteiger partial charge on any atom is 0.191 e. The standard InChI is InChI=1S/C17H26FN3S/c1-17(2,14-8-4-5-9-15(14)18)12-21-16(19-3)20-11-13-7-6-10-22-13/h4-5,8-9,13H,6-7,10-12H2,1-3H3,(H2,19,20,21). The van der Waals surface area contributed by atoms with Crippen LogP contribution in [0.3, 0.4) is 0 Å². The average Bonchev–Trinajstić information content (AvgIpc) is 3.01. The van der Waals surface area contributed by atoms with Crippen molar-refractivity contribution in [2.24, 2.45) is 4.99 Å². The van der Waals surface area contributed by atoms with Crippen LogP contribution in [0.25, 0.3) is 0 Å².